The van der Waals surface area contributed by atoms with Crippen LogP contribution in [0.1, 0.15) is 39.9 Å². The topological polar surface area (TPSA) is 129 Å². The van der Waals surface area contributed by atoms with Gasteiger partial charge in [0.1, 0.15) is 67.6 Å². The first-order valence-corrected chi connectivity index (χ1v) is 14.4. The molecule has 1 fully saturated rings. The number of likely N-dealkylation sites (N-methyl/N-ethyl adjacent to an activating group) is 1. The largest absolute Gasteiger partial charge is 0.488 e. The van der Waals surface area contributed by atoms with E-state index in [1.54, 1.807) is 80.5 Å². The highest BCUT2D eigenvalue weighted by atomic mass is 19.1. The van der Waals surface area contributed by atoms with Crippen LogP contribution in [0.4, 0.5) is 4.39 Å². The van der Waals surface area contributed by atoms with E-state index >= 15 is 4.39 Å². The Bertz CT molecular complexity index is 1400. The van der Waals surface area contributed by atoms with Gasteiger partial charge in [-0.3, -0.25) is 14.5 Å². The van der Waals surface area contributed by atoms with E-state index in [9.17, 15) is 24.6 Å². The molecule has 2 aliphatic rings. The number of aliphatic hydroxyl groups is 2. The van der Waals surface area contributed by atoms with Crippen LogP contribution >= 0.6 is 0 Å². The number of hydrogen-bond donors (Lipinski definition) is 3. The van der Waals surface area contributed by atoms with Gasteiger partial charge < -0.3 is 34.7 Å². The predicted octanol–water partition coefficient (Wildman–Crippen LogP) is -5.32. The molecular weight excluding hydrogens is 550 g/mol. The number of rotatable bonds is 10. The Hall–Kier alpha value is -2.99. The molecule has 2 aliphatic heterocycles. The molecule has 3 N–H and O–H groups in total. The minimum absolute atomic E-state index is 0.0194. The van der Waals surface area contributed by atoms with Crippen molar-refractivity contribution in [1.29, 1.82) is 0 Å². The molecule has 0 saturated carbocycles. The summed E-state index contributed by atoms with van der Waals surface area (Å²) in [5, 5.41) is 23.0. The van der Waals surface area contributed by atoms with Crippen LogP contribution in [-0.4, -0.2) is 120 Å². The average molecular weight is 586 g/mol. The maximum Gasteiger partial charge on any atom is 0.255 e. The molecule has 3 unspecified atom stereocenters. The van der Waals surface area contributed by atoms with Crippen molar-refractivity contribution in [3.63, 3.8) is 0 Å². The summed E-state index contributed by atoms with van der Waals surface area (Å²) >= 11 is 0. The summed E-state index contributed by atoms with van der Waals surface area (Å²) in [4.78, 5) is 39.8. The van der Waals surface area contributed by atoms with E-state index in [1.165, 1.54) is 19.8 Å². The molecule has 0 aliphatic carbocycles. The number of carbonyl (C=O) groups is 3. The summed E-state index contributed by atoms with van der Waals surface area (Å²) < 4.78 is 27.9. The number of hydrogen-bond acceptors (Lipinski definition) is 8. The minimum Gasteiger partial charge on any atom is -0.488 e. The molecule has 4 rings (SSSR count). The van der Waals surface area contributed by atoms with Gasteiger partial charge in [0.25, 0.3) is 5.91 Å². The van der Waals surface area contributed by atoms with E-state index in [-0.39, 0.29) is 49.9 Å². The fourth-order valence-corrected chi connectivity index (χ4v) is 5.92. The number of ether oxygens (including phenoxy) is 2. The van der Waals surface area contributed by atoms with Crippen molar-refractivity contribution < 1.29 is 38.5 Å². The molecule has 43 heavy (non-hydrogen) atoms. The Kier molecular flexibility index (Phi) is 9.06. The molecule has 2 aromatic carbocycles. The number of aldehydes is 1. The van der Waals surface area contributed by atoms with Gasteiger partial charge in [0, 0.05) is 53.0 Å². The number of halogens is 1. The molecule has 2 aromatic rings. The lowest BCUT2D eigenvalue weighted by Gasteiger charge is -2.65. The highest BCUT2D eigenvalue weighted by Crippen LogP contribution is 2.41. The van der Waals surface area contributed by atoms with Crippen LogP contribution in [0.2, 0.25) is 0 Å². The first-order valence-electron chi connectivity index (χ1n) is 14.4. The third-order valence-corrected chi connectivity index (χ3v) is 9.24. The van der Waals surface area contributed by atoms with E-state index in [1.807, 2.05) is 0 Å². The van der Waals surface area contributed by atoms with Crippen molar-refractivity contribution in [3.05, 3.63) is 64.5 Å². The molecule has 1 saturated heterocycles. The van der Waals surface area contributed by atoms with Crippen molar-refractivity contribution in [2.24, 2.45) is 0 Å². The highest BCUT2D eigenvalue weighted by Gasteiger charge is 2.61. The van der Waals surface area contributed by atoms with Gasteiger partial charge in [-0.1, -0.05) is 24.3 Å². The summed E-state index contributed by atoms with van der Waals surface area (Å²) in [7, 11) is 11.4. The maximum atomic E-state index is 16.0. The number of nitrogens with one attached hydrogen (secondary N) is 1. The summed E-state index contributed by atoms with van der Waals surface area (Å²) in [6, 6.07) is 9.11. The molecule has 2 amide bonds. The summed E-state index contributed by atoms with van der Waals surface area (Å²) in [5.41, 5.74) is -1.66. The lowest BCUT2D eigenvalue weighted by Crippen LogP contribution is -2.85. The van der Waals surface area contributed by atoms with Gasteiger partial charge >= 0.3 is 0 Å². The fraction of sp³-hybridized carbons (Fsp3) is 0.423. The third-order valence-electron chi connectivity index (χ3n) is 9.24. The fourth-order valence-electron chi connectivity index (χ4n) is 5.92. The number of morpholine rings is 1. The second-order valence-electron chi connectivity index (χ2n) is 12.5. The highest BCUT2D eigenvalue weighted by molar-refractivity contribution is 6.48. The monoisotopic (exact) mass is 587 g/mol. The third kappa shape index (κ3) is 5.80. The first kappa shape index (κ1) is 32.9. The maximum absolute atomic E-state index is 16.0. The van der Waals surface area contributed by atoms with E-state index < -0.39 is 33.9 Å². The van der Waals surface area contributed by atoms with Crippen molar-refractivity contribution in [2.45, 2.75) is 60.6 Å². The molecule has 0 radical (unpaired) electrons. The van der Waals surface area contributed by atoms with Crippen molar-refractivity contribution in [2.75, 3.05) is 7.05 Å². The van der Waals surface area contributed by atoms with Gasteiger partial charge in [-0.05, 0) is 18.6 Å². The second kappa shape index (κ2) is 11.8. The molecule has 222 valence electrons. The van der Waals surface area contributed by atoms with Crippen LogP contribution in [0, 0.1) is 5.82 Å². The van der Waals surface area contributed by atoms with Gasteiger partial charge in [-0.2, -0.15) is 0 Å². The zero-order valence-electron chi connectivity index (χ0n) is 25.9. The Labute approximate surface area is 256 Å². The van der Waals surface area contributed by atoms with Gasteiger partial charge in [-0.25, -0.2) is 4.39 Å². The van der Waals surface area contributed by atoms with Gasteiger partial charge in [0.05, 0.1) is 12.2 Å². The van der Waals surface area contributed by atoms with E-state index in [0.29, 0.717) is 28.7 Å². The lowest BCUT2D eigenvalue weighted by atomic mass is 9.42. The smallest absolute Gasteiger partial charge is 0.255 e. The molecule has 17 heteroatoms. The molecular formula is C26H36B6FN3O7. The number of benzene rings is 2. The molecule has 2 heterocycles. The van der Waals surface area contributed by atoms with Gasteiger partial charge in [0.15, 0.2) is 15.7 Å². The van der Waals surface area contributed by atoms with Crippen molar-refractivity contribution in [1.82, 2.24) is 15.1 Å². The zero-order chi connectivity index (χ0) is 32.0. The van der Waals surface area contributed by atoms with Gasteiger partial charge in [0.2, 0.25) is 5.91 Å². The number of carbonyl (C=O) groups excluding carboxylic acids is 3. The van der Waals surface area contributed by atoms with E-state index in [0.717, 1.165) is 0 Å². The average Bonchev–Trinajstić information content (AvgIpc) is 3.26. The second-order valence-corrected chi connectivity index (χ2v) is 12.5. The molecule has 10 nitrogen and oxygen atoms in total. The quantitative estimate of drug-likeness (QED) is 0.186. The summed E-state index contributed by atoms with van der Waals surface area (Å²) in [6.45, 7) is -0.0460. The molecule has 0 bridgehead atoms. The molecule has 0 spiro atoms. The van der Waals surface area contributed by atoms with Crippen molar-refractivity contribution >= 4 is 65.2 Å². The SMILES string of the molecule is BC1(B)OC(B)(O)C(B)(B)N(Cc2cccc(COc3cccc4c3CN(C(CCC=O)C(=O)NC)C4=O)c2F)C1(B)O. The first-order chi connectivity index (χ1) is 20.0. The standard InChI is InChI=1S/C26H36B6FN3O7/c1-34-21(38)18(8-4-10-37)35-12-17-16(22(35)39)7-3-9-19(17)42-13-15-6-2-5-14(20(15)33)11-36-23(27,28)26(32,41)43-24(29,30)25(36,31)40/h2-3,5-7,9-10,18,40-41H,4,8,11-13,27-32H2,1H3,(H,34,38). The lowest BCUT2D eigenvalue weighted by molar-refractivity contribution is -0.303. The number of amides is 2. The van der Waals surface area contributed by atoms with Crippen LogP contribution < -0.4 is 10.1 Å². The zero-order valence-corrected chi connectivity index (χ0v) is 25.9. The normalized spacial score (nSPS) is 25.1. The Morgan fingerprint density at radius 2 is 1.79 bits per heavy atom. The van der Waals surface area contributed by atoms with Crippen LogP contribution in [0.15, 0.2) is 36.4 Å². The molecule has 3 atom stereocenters. The van der Waals surface area contributed by atoms with Gasteiger partial charge in [-0.15, -0.1) is 0 Å². The number of fused-ring (bicyclic) bond motifs is 1. The predicted molar refractivity (Wildman–Crippen MR) is 173 cm³/mol. The minimum atomic E-state index is -1.64. The van der Waals surface area contributed by atoms with E-state index in [4.69, 9.17) is 9.47 Å². The Balaban J connectivity index is 1.57. The summed E-state index contributed by atoms with van der Waals surface area (Å²) in [5.74, 6) is -0.833. The van der Waals surface area contributed by atoms with Crippen LogP contribution in [0.25, 0.3) is 0 Å². The van der Waals surface area contributed by atoms with Crippen LogP contribution in [0.5, 0.6) is 5.75 Å². The van der Waals surface area contributed by atoms with E-state index in [2.05, 4.69) is 5.32 Å². The van der Waals surface area contributed by atoms with Crippen LogP contribution in [0.3, 0.4) is 0 Å². The molecule has 0 aromatic heterocycles. The summed E-state index contributed by atoms with van der Waals surface area (Å²) in [6.07, 6.45) is 1.03. The van der Waals surface area contributed by atoms with Crippen molar-refractivity contribution in [3.8, 4) is 5.75 Å². The Morgan fingerprint density at radius 1 is 1.14 bits per heavy atom. The Morgan fingerprint density at radius 3 is 2.44 bits per heavy atom. The van der Waals surface area contributed by atoms with Crippen LogP contribution in [-0.2, 0) is 34.0 Å². The number of nitrogens with zero attached hydrogens (tertiary/aromatic N) is 2.